The second-order valence-electron chi connectivity index (χ2n) is 4.20. The number of anilines is 1. The minimum Gasteiger partial charge on any atom is -0.391 e. The first kappa shape index (κ1) is 13.6. The smallest absolute Gasteiger partial charge is 0.391 e. The maximum Gasteiger partial charge on any atom is 0.416 e. The number of hydrogen-bond donors (Lipinski definition) is 1. The number of halogens is 3. The summed E-state index contributed by atoms with van der Waals surface area (Å²) in [5.74, 6) is 0.326. The van der Waals surface area contributed by atoms with Crippen LogP contribution in [0.1, 0.15) is 5.56 Å². The molecule has 2 aromatic heterocycles. The lowest BCUT2D eigenvalue weighted by Gasteiger charge is -2.06. The first-order valence-electron chi connectivity index (χ1n) is 5.80. The third kappa shape index (κ3) is 2.75. The standard InChI is InChI=1S/C13H8F3N3OS/c14-13(15,16)8-3-1-2-7(6-8)11-18-12(20-19-11)9-4-5-10(17)21-9/h1-6H,17H2. The van der Waals surface area contributed by atoms with Crippen LogP contribution in [0.15, 0.2) is 40.9 Å². The molecule has 0 bridgehead atoms. The van der Waals surface area contributed by atoms with E-state index in [4.69, 9.17) is 10.3 Å². The van der Waals surface area contributed by atoms with E-state index >= 15 is 0 Å². The van der Waals surface area contributed by atoms with E-state index in [1.165, 1.54) is 23.5 Å². The Hall–Kier alpha value is -2.35. The quantitative estimate of drug-likeness (QED) is 0.775. The molecule has 8 heteroatoms. The Morgan fingerprint density at radius 3 is 2.62 bits per heavy atom. The summed E-state index contributed by atoms with van der Waals surface area (Å²) in [5.41, 5.74) is 5.09. The largest absolute Gasteiger partial charge is 0.416 e. The molecule has 0 atom stereocenters. The van der Waals surface area contributed by atoms with Crippen molar-refractivity contribution in [3.8, 4) is 22.2 Å². The normalized spacial score (nSPS) is 11.8. The number of rotatable bonds is 2. The van der Waals surface area contributed by atoms with Gasteiger partial charge in [0, 0.05) is 5.56 Å². The number of aromatic nitrogens is 2. The Bertz CT molecular complexity index is 779. The van der Waals surface area contributed by atoms with Crippen molar-refractivity contribution in [2.75, 3.05) is 5.73 Å². The molecule has 2 heterocycles. The first-order valence-corrected chi connectivity index (χ1v) is 6.62. The van der Waals surface area contributed by atoms with Crippen LogP contribution in [0.2, 0.25) is 0 Å². The van der Waals surface area contributed by atoms with E-state index in [0.717, 1.165) is 12.1 Å². The highest BCUT2D eigenvalue weighted by Crippen LogP contribution is 2.33. The zero-order valence-electron chi connectivity index (χ0n) is 10.4. The van der Waals surface area contributed by atoms with E-state index in [0.29, 0.717) is 9.88 Å². The second-order valence-corrected chi connectivity index (χ2v) is 5.32. The van der Waals surface area contributed by atoms with Crippen molar-refractivity contribution in [1.29, 1.82) is 0 Å². The monoisotopic (exact) mass is 311 g/mol. The van der Waals surface area contributed by atoms with Crippen molar-refractivity contribution in [2.24, 2.45) is 0 Å². The molecule has 0 saturated heterocycles. The van der Waals surface area contributed by atoms with Crippen molar-refractivity contribution in [3.05, 3.63) is 42.0 Å². The molecule has 1 aromatic carbocycles. The fraction of sp³-hybridized carbons (Fsp3) is 0.0769. The van der Waals surface area contributed by atoms with Crippen LogP contribution in [0, 0.1) is 0 Å². The van der Waals surface area contributed by atoms with Crippen molar-refractivity contribution < 1.29 is 17.7 Å². The fourth-order valence-electron chi connectivity index (χ4n) is 1.74. The van der Waals surface area contributed by atoms with Crippen molar-refractivity contribution in [2.45, 2.75) is 6.18 Å². The summed E-state index contributed by atoms with van der Waals surface area (Å²) < 4.78 is 43.1. The summed E-state index contributed by atoms with van der Waals surface area (Å²) in [6, 6.07) is 8.17. The highest BCUT2D eigenvalue weighted by atomic mass is 32.1. The van der Waals surface area contributed by atoms with Gasteiger partial charge in [0.25, 0.3) is 5.89 Å². The summed E-state index contributed by atoms with van der Waals surface area (Å²) in [4.78, 5) is 4.76. The van der Waals surface area contributed by atoms with E-state index in [-0.39, 0.29) is 17.3 Å². The molecular formula is C13H8F3N3OS. The molecule has 0 aliphatic heterocycles. The molecule has 0 aliphatic carbocycles. The van der Waals surface area contributed by atoms with E-state index in [2.05, 4.69) is 10.1 Å². The van der Waals surface area contributed by atoms with Crippen LogP contribution in [0.25, 0.3) is 22.2 Å². The molecule has 4 nitrogen and oxygen atoms in total. The van der Waals surface area contributed by atoms with Gasteiger partial charge in [-0.05, 0) is 24.3 Å². The predicted molar refractivity (Wildman–Crippen MR) is 72.5 cm³/mol. The number of benzene rings is 1. The van der Waals surface area contributed by atoms with Gasteiger partial charge in [0.15, 0.2) is 0 Å². The molecule has 0 unspecified atom stereocenters. The number of alkyl halides is 3. The Morgan fingerprint density at radius 2 is 1.95 bits per heavy atom. The van der Waals surface area contributed by atoms with Gasteiger partial charge in [-0.1, -0.05) is 17.3 Å². The molecule has 3 rings (SSSR count). The zero-order valence-corrected chi connectivity index (χ0v) is 11.2. The highest BCUT2D eigenvalue weighted by molar-refractivity contribution is 7.19. The van der Waals surface area contributed by atoms with Gasteiger partial charge in [-0.15, -0.1) is 11.3 Å². The minimum absolute atomic E-state index is 0.100. The van der Waals surface area contributed by atoms with Gasteiger partial charge in [-0.3, -0.25) is 0 Å². The molecule has 21 heavy (non-hydrogen) atoms. The molecule has 108 valence electrons. The Morgan fingerprint density at radius 1 is 1.14 bits per heavy atom. The van der Waals surface area contributed by atoms with Crippen LogP contribution in [0.3, 0.4) is 0 Å². The lowest BCUT2D eigenvalue weighted by Crippen LogP contribution is -2.04. The highest BCUT2D eigenvalue weighted by Gasteiger charge is 2.30. The Balaban J connectivity index is 1.97. The van der Waals surface area contributed by atoms with Crippen LogP contribution in [-0.2, 0) is 6.18 Å². The molecule has 3 aromatic rings. The van der Waals surface area contributed by atoms with Gasteiger partial charge in [0.2, 0.25) is 5.82 Å². The van der Waals surface area contributed by atoms with Crippen molar-refractivity contribution in [3.63, 3.8) is 0 Å². The Labute approximate surface area is 121 Å². The summed E-state index contributed by atoms with van der Waals surface area (Å²) in [6.45, 7) is 0. The average molecular weight is 311 g/mol. The molecule has 0 saturated carbocycles. The average Bonchev–Trinajstić information content (AvgIpc) is 3.06. The SMILES string of the molecule is Nc1ccc(-c2nc(-c3cccc(C(F)(F)F)c3)no2)s1. The zero-order chi connectivity index (χ0) is 15.0. The number of nitrogens with zero attached hydrogens (tertiary/aromatic N) is 2. The fourth-order valence-corrected chi connectivity index (χ4v) is 2.44. The van der Waals surface area contributed by atoms with Gasteiger partial charge >= 0.3 is 6.18 Å². The summed E-state index contributed by atoms with van der Waals surface area (Å²) >= 11 is 1.26. The van der Waals surface area contributed by atoms with Crippen LogP contribution in [0.5, 0.6) is 0 Å². The van der Waals surface area contributed by atoms with E-state index in [9.17, 15) is 13.2 Å². The topological polar surface area (TPSA) is 64.9 Å². The van der Waals surface area contributed by atoms with Crippen LogP contribution in [0.4, 0.5) is 18.2 Å². The van der Waals surface area contributed by atoms with Crippen LogP contribution >= 0.6 is 11.3 Å². The molecule has 0 amide bonds. The number of hydrogen-bond acceptors (Lipinski definition) is 5. The molecule has 0 aliphatic rings. The minimum atomic E-state index is -4.41. The summed E-state index contributed by atoms with van der Waals surface area (Å²) in [7, 11) is 0. The lowest BCUT2D eigenvalue weighted by atomic mass is 10.1. The van der Waals surface area contributed by atoms with E-state index in [1.54, 1.807) is 12.1 Å². The first-order chi connectivity index (χ1) is 9.93. The van der Waals surface area contributed by atoms with E-state index < -0.39 is 11.7 Å². The van der Waals surface area contributed by atoms with Gasteiger partial charge < -0.3 is 10.3 Å². The van der Waals surface area contributed by atoms with Gasteiger partial charge in [0.05, 0.1) is 15.4 Å². The molecule has 2 N–H and O–H groups in total. The number of thiophene rings is 1. The molecule has 0 radical (unpaired) electrons. The lowest BCUT2D eigenvalue weighted by molar-refractivity contribution is -0.137. The second kappa shape index (κ2) is 4.88. The maximum absolute atomic E-state index is 12.7. The number of nitrogen functional groups attached to an aromatic ring is 1. The third-order valence-corrected chi connectivity index (χ3v) is 3.61. The van der Waals surface area contributed by atoms with Crippen molar-refractivity contribution in [1.82, 2.24) is 10.1 Å². The van der Waals surface area contributed by atoms with Gasteiger partial charge in [-0.25, -0.2) is 0 Å². The summed E-state index contributed by atoms with van der Waals surface area (Å²) in [6.07, 6.45) is -4.41. The maximum atomic E-state index is 12.7. The third-order valence-electron chi connectivity index (χ3n) is 2.71. The number of nitrogens with two attached hydrogens (primary N) is 1. The van der Waals surface area contributed by atoms with Crippen LogP contribution < -0.4 is 5.73 Å². The predicted octanol–water partition coefficient (Wildman–Crippen LogP) is 4.07. The molecule has 0 fully saturated rings. The summed E-state index contributed by atoms with van der Waals surface area (Å²) in [5, 5.41) is 4.29. The van der Waals surface area contributed by atoms with Crippen molar-refractivity contribution >= 4 is 16.3 Å². The van der Waals surface area contributed by atoms with Gasteiger partial charge in [-0.2, -0.15) is 18.2 Å². The molecule has 0 spiro atoms. The molecular weight excluding hydrogens is 303 g/mol. The van der Waals surface area contributed by atoms with E-state index in [1.807, 2.05) is 0 Å². The van der Waals surface area contributed by atoms with Gasteiger partial charge in [0.1, 0.15) is 0 Å². The van der Waals surface area contributed by atoms with Crippen LogP contribution in [-0.4, -0.2) is 10.1 Å². The Kier molecular flexibility index (Phi) is 3.17.